The van der Waals surface area contributed by atoms with Gasteiger partial charge in [-0.1, -0.05) is 11.6 Å². The average Bonchev–Trinajstić information content (AvgIpc) is 3.09. The minimum Gasteiger partial charge on any atom is -0.494 e. The number of nitrogens with zero attached hydrogens (tertiary/aromatic N) is 3. The first-order valence-corrected chi connectivity index (χ1v) is 8.66. The lowest BCUT2D eigenvalue weighted by atomic mass is 10.2. The summed E-state index contributed by atoms with van der Waals surface area (Å²) in [6.07, 6.45) is 4.99. The molecule has 4 aromatic rings. The zero-order valence-corrected chi connectivity index (χ0v) is 16.8. The molecule has 28 heavy (non-hydrogen) atoms. The van der Waals surface area contributed by atoms with Crippen molar-refractivity contribution in [3.05, 3.63) is 64.7 Å². The minimum absolute atomic E-state index is 0. The third kappa shape index (κ3) is 3.66. The molecule has 0 fully saturated rings. The summed E-state index contributed by atoms with van der Waals surface area (Å²) in [5.74, 6) is 0.685. The maximum absolute atomic E-state index is 13.4. The second-order valence-electron chi connectivity index (χ2n) is 5.65. The maximum Gasteiger partial charge on any atom is 0.181 e. The van der Waals surface area contributed by atoms with Crippen LogP contribution in [0.4, 0.5) is 15.9 Å². The van der Waals surface area contributed by atoms with E-state index in [1.807, 2.05) is 18.3 Å². The Morgan fingerprint density at radius 2 is 2.07 bits per heavy atom. The number of ether oxygens (including phenoxy) is 1. The highest BCUT2D eigenvalue weighted by atomic mass is 35.5. The monoisotopic (exact) mass is 437 g/mol. The molecule has 0 aliphatic rings. The zero-order valence-electron chi connectivity index (χ0n) is 14.4. The Morgan fingerprint density at radius 1 is 1.25 bits per heavy atom. The van der Waals surface area contributed by atoms with Gasteiger partial charge in [0.05, 0.1) is 23.3 Å². The van der Waals surface area contributed by atoms with E-state index in [0.29, 0.717) is 27.5 Å². The van der Waals surface area contributed by atoms with Crippen LogP contribution in [-0.4, -0.2) is 26.6 Å². The number of nitrogens with one attached hydrogen (secondary N) is 2. The first kappa shape index (κ1) is 20.1. The quantitative estimate of drug-likeness (QED) is 0.415. The molecule has 0 unspecified atom stereocenters. The van der Waals surface area contributed by atoms with Crippen molar-refractivity contribution in [3.8, 4) is 11.4 Å². The van der Waals surface area contributed by atoms with E-state index in [1.165, 1.54) is 18.5 Å². The molecule has 2 aromatic heterocycles. The molecule has 4 rings (SSSR count). The second kappa shape index (κ2) is 8.14. The summed E-state index contributed by atoms with van der Waals surface area (Å²) in [4.78, 5) is 11.6. The highest BCUT2D eigenvalue weighted by molar-refractivity contribution is 7.71. The minimum atomic E-state index is -0.483. The molecular weight excluding hydrogens is 424 g/mol. The van der Waals surface area contributed by atoms with Crippen molar-refractivity contribution in [2.24, 2.45) is 0 Å². The number of hydrogen-bond donors (Lipinski definition) is 2. The number of rotatable bonds is 4. The van der Waals surface area contributed by atoms with Crippen molar-refractivity contribution < 1.29 is 9.13 Å². The van der Waals surface area contributed by atoms with Crippen molar-refractivity contribution in [1.82, 2.24) is 19.5 Å². The fourth-order valence-corrected chi connectivity index (χ4v) is 3.15. The van der Waals surface area contributed by atoms with Crippen molar-refractivity contribution in [3.63, 3.8) is 0 Å². The van der Waals surface area contributed by atoms with Crippen LogP contribution in [0.2, 0.25) is 5.02 Å². The molecule has 10 heteroatoms. The first-order valence-electron chi connectivity index (χ1n) is 7.88. The molecule has 2 heterocycles. The molecule has 2 aromatic carbocycles. The summed E-state index contributed by atoms with van der Waals surface area (Å²) >= 11 is 11.2. The smallest absolute Gasteiger partial charge is 0.181 e. The maximum atomic E-state index is 13.4. The van der Waals surface area contributed by atoms with Gasteiger partial charge < -0.3 is 15.0 Å². The number of hydrogen-bond acceptors (Lipinski definition) is 5. The second-order valence-corrected chi connectivity index (χ2v) is 6.45. The topological polar surface area (TPSA) is 67.8 Å². The molecular formula is C18H14Cl2FN5OS. The number of H-pyrrole nitrogens is 1. The Hall–Kier alpha value is -2.68. The highest BCUT2D eigenvalue weighted by Gasteiger charge is 2.13. The molecule has 0 aliphatic carbocycles. The Balaban J connectivity index is 0.00000225. The number of methoxy groups -OCH3 is 1. The molecule has 0 amide bonds. The summed E-state index contributed by atoms with van der Waals surface area (Å²) in [5, 5.41) is 3.93. The van der Waals surface area contributed by atoms with Crippen LogP contribution >= 0.6 is 36.2 Å². The lowest BCUT2D eigenvalue weighted by molar-refractivity contribution is 0.413. The van der Waals surface area contributed by atoms with Crippen molar-refractivity contribution in [1.29, 1.82) is 0 Å². The number of halogens is 3. The Labute approximate surface area is 175 Å². The highest BCUT2D eigenvalue weighted by Crippen LogP contribution is 2.32. The molecule has 0 aliphatic heterocycles. The van der Waals surface area contributed by atoms with E-state index in [4.69, 9.17) is 28.6 Å². The van der Waals surface area contributed by atoms with Crippen molar-refractivity contribution >= 4 is 58.6 Å². The summed E-state index contributed by atoms with van der Waals surface area (Å²) < 4.78 is 21.2. The Kier molecular flexibility index (Phi) is 5.83. The van der Waals surface area contributed by atoms with Crippen LogP contribution in [-0.2, 0) is 0 Å². The van der Waals surface area contributed by atoms with Crippen LogP contribution in [0.25, 0.3) is 16.6 Å². The molecule has 144 valence electrons. The van der Waals surface area contributed by atoms with Gasteiger partial charge in [-0.15, -0.1) is 12.4 Å². The Bertz CT molecular complexity index is 1210. The molecule has 2 N–H and O–H groups in total. The first-order chi connectivity index (χ1) is 13.1. The molecule has 0 atom stereocenters. The van der Waals surface area contributed by atoms with Gasteiger partial charge in [-0.2, -0.15) is 0 Å². The van der Waals surface area contributed by atoms with Crippen LogP contribution in [0.15, 0.2) is 49.1 Å². The Morgan fingerprint density at radius 3 is 2.75 bits per heavy atom. The zero-order chi connectivity index (χ0) is 19.0. The number of fused-ring (bicyclic) bond motifs is 1. The van der Waals surface area contributed by atoms with Gasteiger partial charge in [0.25, 0.3) is 0 Å². The third-order valence-electron chi connectivity index (χ3n) is 4.03. The largest absolute Gasteiger partial charge is 0.494 e. The van der Waals surface area contributed by atoms with E-state index in [9.17, 15) is 4.39 Å². The normalized spacial score (nSPS) is 10.5. The summed E-state index contributed by atoms with van der Waals surface area (Å²) in [6.45, 7) is 0. The van der Waals surface area contributed by atoms with Crippen LogP contribution in [0, 0.1) is 10.6 Å². The molecule has 0 spiro atoms. The van der Waals surface area contributed by atoms with Crippen LogP contribution in [0.5, 0.6) is 5.75 Å². The molecule has 0 radical (unpaired) electrons. The van der Waals surface area contributed by atoms with Gasteiger partial charge in [0.1, 0.15) is 23.7 Å². The summed E-state index contributed by atoms with van der Waals surface area (Å²) in [6, 6.07) is 8.07. The fraction of sp³-hybridized carbons (Fsp3) is 0.0556. The van der Waals surface area contributed by atoms with Crippen LogP contribution in [0.3, 0.4) is 0 Å². The van der Waals surface area contributed by atoms with Crippen molar-refractivity contribution in [2.45, 2.75) is 0 Å². The van der Waals surface area contributed by atoms with E-state index in [2.05, 4.69) is 20.3 Å². The van der Waals surface area contributed by atoms with E-state index in [-0.39, 0.29) is 17.4 Å². The van der Waals surface area contributed by atoms with Gasteiger partial charge >= 0.3 is 0 Å². The summed E-state index contributed by atoms with van der Waals surface area (Å²) in [7, 11) is 1.59. The van der Waals surface area contributed by atoms with Gasteiger partial charge in [-0.05, 0) is 36.5 Å². The number of anilines is 2. The molecule has 0 saturated carbocycles. The van der Waals surface area contributed by atoms with Crippen LogP contribution < -0.4 is 10.1 Å². The SMILES string of the molecule is COc1cc2ncnc(Nc3ccc(F)c(Cl)c3)c2cc1-n1cc[nH]c1=S.Cl. The standard InChI is InChI=1S/C18H13ClFN5OS.ClH/c1-26-16-8-14-11(7-15(16)25-5-4-21-18(25)27)17(23-9-22-14)24-10-2-3-13(20)12(19)6-10;/h2-9H,1H3,(H,21,27)(H,22,23,24);1H. The molecule has 0 saturated heterocycles. The van der Waals surface area contributed by atoms with Crippen LogP contribution in [0.1, 0.15) is 0 Å². The number of imidazole rings is 1. The van der Waals surface area contributed by atoms with Gasteiger partial charge in [0.2, 0.25) is 0 Å². The lowest BCUT2D eigenvalue weighted by Crippen LogP contribution is -2.01. The predicted molar refractivity (Wildman–Crippen MR) is 113 cm³/mol. The van der Waals surface area contributed by atoms with Gasteiger partial charge in [0, 0.05) is 29.5 Å². The van der Waals surface area contributed by atoms with Gasteiger partial charge in [-0.25, -0.2) is 14.4 Å². The molecule has 0 bridgehead atoms. The third-order valence-corrected chi connectivity index (χ3v) is 4.63. The number of benzene rings is 2. The van der Waals surface area contributed by atoms with Gasteiger partial charge in [-0.3, -0.25) is 4.57 Å². The average molecular weight is 438 g/mol. The number of aromatic amines is 1. The van der Waals surface area contributed by atoms with E-state index in [0.717, 1.165) is 11.1 Å². The van der Waals surface area contributed by atoms with E-state index in [1.54, 1.807) is 23.9 Å². The predicted octanol–water partition coefficient (Wildman–Crippen LogP) is 5.44. The van der Waals surface area contributed by atoms with E-state index >= 15 is 0 Å². The number of aromatic nitrogens is 4. The lowest BCUT2D eigenvalue weighted by Gasteiger charge is -2.13. The van der Waals surface area contributed by atoms with E-state index < -0.39 is 5.82 Å². The van der Waals surface area contributed by atoms with Crippen molar-refractivity contribution in [2.75, 3.05) is 12.4 Å². The summed E-state index contributed by atoms with van der Waals surface area (Å²) in [5.41, 5.74) is 2.03. The molecule has 6 nitrogen and oxygen atoms in total. The van der Waals surface area contributed by atoms with Gasteiger partial charge in [0.15, 0.2) is 4.77 Å². The fourth-order valence-electron chi connectivity index (χ4n) is 2.74.